The van der Waals surface area contributed by atoms with Crippen LogP contribution in [0.3, 0.4) is 0 Å². The summed E-state index contributed by atoms with van der Waals surface area (Å²) >= 11 is 1.61. The Morgan fingerprint density at radius 3 is 2.78 bits per heavy atom. The van der Waals surface area contributed by atoms with Gasteiger partial charge >= 0.3 is 0 Å². The smallest absolute Gasteiger partial charge is 0.231 e. The van der Waals surface area contributed by atoms with Gasteiger partial charge in [-0.15, -0.1) is 11.3 Å². The first-order chi connectivity index (χ1) is 11.4. The largest absolute Gasteiger partial charge is 0.454 e. The van der Waals surface area contributed by atoms with Gasteiger partial charge in [0, 0.05) is 10.9 Å². The lowest BCUT2D eigenvalue weighted by atomic mass is 10.2. The van der Waals surface area contributed by atoms with Crippen LogP contribution in [-0.2, 0) is 18.0 Å². The van der Waals surface area contributed by atoms with Crippen LogP contribution >= 0.6 is 11.3 Å². The Morgan fingerprint density at radius 2 is 1.87 bits per heavy atom. The second-order valence-electron chi connectivity index (χ2n) is 5.19. The lowest BCUT2D eigenvalue weighted by Gasteiger charge is -2.02. The molecule has 0 aliphatic carbocycles. The molecule has 0 saturated carbocycles. The van der Waals surface area contributed by atoms with Gasteiger partial charge in [-0.25, -0.2) is 4.98 Å². The van der Waals surface area contributed by atoms with E-state index in [1.54, 1.807) is 11.3 Å². The summed E-state index contributed by atoms with van der Waals surface area (Å²) in [6, 6.07) is 16.0. The normalized spacial score (nSPS) is 12.5. The zero-order chi connectivity index (χ0) is 15.5. The molecule has 3 aromatic rings. The van der Waals surface area contributed by atoms with Crippen molar-refractivity contribution in [1.82, 2.24) is 4.98 Å². The third kappa shape index (κ3) is 3.21. The second-order valence-corrected chi connectivity index (χ2v) is 6.05. The van der Waals surface area contributed by atoms with Crippen molar-refractivity contribution in [2.75, 3.05) is 6.79 Å². The molecule has 0 saturated heterocycles. The number of benzene rings is 2. The first-order valence-electron chi connectivity index (χ1n) is 7.34. The molecule has 23 heavy (non-hydrogen) atoms. The van der Waals surface area contributed by atoms with Crippen LogP contribution in [0, 0.1) is 0 Å². The zero-order valence-electron chi connectivity index (χ0n) is 12.4. The summed E-state index contributed by atoms with van der Waals surface area (Å²) in [5, 5.41) is 2.99. The summed E-state index contributed by atoms with van der Waals surface area (Å²) in [5.41, 5.74) is 3.14. The van der Waals surface area contributed by atoms with Gasteiger partial charge in [0.1, 0.15) is 5.01 Å². The van der Waals surface area contributed by atoms with Crippen molar-refractivity contribution in [3.05, 3.63) is 65.2 Å². The van der Waals surface area contributed by atoms with Gasteiger partial charge in [-0.1, -0.05) is 30.3 Å². The fourth-order valence-corrected chi connectivity index (χ4v) is 3.18. The van der Waals surface area contributed by atoms with Gasteiger partial charge in [-0.05, 0) is 23.8 Å². The van der Waals surface area contributed by atoms with Crippen LogP contribution in [0.4, 0.5) is 0 Å². The third-order valence-corrected chi connectivity index (χ3v) is 4.47. The molecule has 116 valence electrons. The van der Waals surface area contributed by atoms with Crippen LogP contribution in [-0.4, -0.2) is 11.8 Å². The van der Waals surface area contributed by atoms with Gasteiger partial charge in [0.25, 0.3) is 0 Å². The molecule has 4 rings (SSSR count). The molecular weight excluding hydrogens is 310 g/mol. The van der Waals surface area contributed by atoms with E-state index in [0.29, 0.717) is 13.2 Å². The first-order valence-corrected chi connectivity index (χ1v) is 8.22. The van der Waals surface area contributed by atoms with Crippen molar-refractivity contribution in [2.45, 2.75) is 13.2 Å². The molecule has 0 amide bonds. The molecule has 1 aromatic heterocycles. The topological polar surface area (TPSA) is 40.6 Å². The summed E-state index contributed by atoms with van der Waals surface area (Å²) in [5.74, 6) is 1.57. The van der Waals surface area contributed by atoms with E-state index in [9.17, 15) is 0 Å². The molecule has 0 spiro atoms. The lowest BCUT2D eigenvalue weighted by Crippen LogP contribution is -1.94. The molecule has 0 unspecified atom stereocenters. The fourth-order valence-electron chi connectivity index (χ4n) is 2.38. The van der Waals surface area contributed by atoms with Crippen molar-refractivity contribution >= 4 is 11.3 Å². The minimum Gasteiger partial charge on any atom is -0.454 e. The van der Waals surface area contributed by atoms with Crippen LogP contribution in [0.5, 0.6) is 11.5 Å². The maximum Gasteiger partial charge on any atom is 0.231 e. The molecule has 2 aromatic carbocycles. The molecule has 0 bridgehead atoms. The third-order valence-electron chi connectivity index (χ3n) is 3.53. The number of hydrogen-bond acceptors (Lipinski definition) is 5. The van der Waals surface area contributed by atoms with E-state index in [1.807, 2.05) is 41.8 Å². The lowest BCUT2D eigenvalue weighted by molar-refractivity contribution is 0.105. The van der Waals surface area contributed by atoms with Crippen LogP contribution in [0.15, 0.2) is 53.9 Å². The average molecular weight is 325 g/mol. The Balaban J connectivity index is 1.41. The van der Waals surface area contributed by atoms with E-state index in [4.69, 9.17) is 14.2 Å². The highest BCUT2D eigenvalue weighted by molar-refractivity contribution is 7.13. The van der Waals surface area contributed by atoms with E-state index in [1.165, 1.54) is 5.56 Å². The average Bonchev–Trinajstić information content (AvgIpc) is 3.24. The zero-order valence-corrected chi connectivity index (χ0v) is 13.2. The van der Waals surface area contributed by atoms with Gasteiger partial charge < -0.3 is 14.2 Å². The van der Waals surface area contributed by atoms with Crippen LogP contribution < -0.4 is 9.47 Å². The maximum atomic E-state index is 5.73. The van der Waals surface area contributed by atoms with Gasteiger partial charge in [-0.2, -0.15) is 0 Å². The second kappa shape index (κ2) is 6.40. The number of ether oxygens (including phenoxy) is 3. The minimum atomic E-state index is 0.287. The standard InChI is InChI=1S/C18H15NO3S/c1-2-4-13(5-3-1)9-20-10-15-11-23-18(19-15)14-6-7-16-17(8-14)22-12-21-16/h1-8,11H,9-10,12H2. The van der Waals surface area contributed by atoms with Crippen molar-refractivity contribution in [3.63, 3.8) is 0 Å². The quantitative estimate of drug-likeness (QED) is 0.703. The number of fused-ring (bicyclic) bond motifs is 1. The Hall–Kier alpha value is -2.37. The van der Waals surface area contributed by atoms with Crippen molar-refractivity contribution in [3.8, 4) is 22.1 Å². The molecule has 0 N–H and O–H groups in total. The van der Waals surface area contributed by atoms with Crippen LogP contribution in [0.25, 0.3) is 10.6 Å². The number of hydrogen-bond donors (Lipinski definition) is 0. The van der Waals surface area contributed by atoms with E-state index in [0.717, 1.165) is 27.8 Å². The molecule has 1 aliphatic rings. The van der Waals surface area contributed by atoms with Crippen molar-refractivity contribution in [2.24, 2.45) is 0 Å². The molecule has 1 aliphatic heterocycles. The molecule has 0 radical (unpaired) electrons. The van der Waals surface area contributed by atoms with Gasteiger partial charge in [0.05, 0.1) is 18.9 Å². The van der Waals surface area contributed by atoms with E-state index >= 15 is 0 Å². The summed E-state index contributed by atoms with van der Waals surface area (Å²) in [7, 11) is 0. The van der Waals surface area contributed by atoms with Gasteiger partial charge in [-0.3, -0.25) is 0 Å². The predicted octanol–water partition coefficient (Wildman–Crippen LogP) is 4.26. The van der Waals surface area contributed by atoms with Gasteiger partial charge in [0.2, 0.25) is 6.79 Å². The number of rotatable bonds is 5. The number of nitrogens with zero attached hydrogens (tertiary/aromatic N) is 1. The van der Waals surface area contributed by atoms with E-state index < -0.39 is 0 Å². The monoisotopic (exact) mass is 325 g/mol. The summed E-state index contributed by atoms with van der Waals surface area (Å²) in [6.45, 7) is 1.39. The number of thiazole rings is 1. The van der Waals surface area contributed by atoms with E-state index in [2.05, 4.69) is 17.1 Å². The number of aromatic nitrogens is 1. The maximum absolute atomic E-state index is 5.73. The molecule has 0 atom stereocenters. The SMILES string of the molecule is c1ccc(COCc2csc(-c3ccc4c(c3)OCO4)n2)cc1. The van der Waals surface area contributed by atoms with Gasteiger partial charge in [0.15, 0.2) is 11.5 Å². The first kappa shape index (κ1) is 14.2. The summed E-state index contributed by atoms with van der Waals surface area (Å²) in [6.07, 6.45) is 0. The van der Waals surface area contributed by atoms with E-state index in [-0.39, 0.29) is 6.79 Å². The summed E-state index contributed by atoms with van der Waals surface area (Å²) in [4.78, 5) is 4.63. The Kier molecular flexibility index (Phi) is 3.96. The molecular formula is C18H15NO3S. The molecule has 0 fully saturated rings. The predicted molar refractivity (Wildman–Crippen MR) is 88.6 cm³/mol. The van der Waals surface area contributed by atoms with Crippen LogP contribution in [0.2, 0.25) is 0 Å². The summed E-state index contributed by atoms with van der Waals surface area (Å²) < 4.78 is 16.5. The highest BCUT2D eigenvalue weighted by atomic mass is 32.1. The Labute approximate surface area is 138 Å². The molecule has 5 heteroatoms. The van der Waals surface area contributed by atoms with Crippen LogP contribution in [0.1, 0.15) is 11.3 Å². The Morgan fingerprint density at radius 1 is 1.00 bits per heavy atom. The van der Waals surface area contributed by atoms with Crippen molar-refractivity contribution < 1.29 is 14.2 Å². The molecule has 2 heterocycles. The highest BCUT2D eigenvalue weighted by Crippen LogP contribution is 2.36. The molecule has 4 nitrogen and oxygen atoms in total. The van der Waals surface area contributed by atoms with Crippen molar-refractivity contribution in [1.29, 1.82) is 0 Å². The highest BCUT2D eigenvalue weighted by Gasteiger charge is 2.15. The fraction of sp³-hybridized carbons (Fsp3) is 0.167. The minimum absolute atomic E-state index is 0.287. The Bertz CT molecular complexity index is 801.